The minimum atomic E-state index is -0.431. The number of carbonyl (C=O) groups excluding carboxylic acids is 3. The van der Waals surface area contributed by atoms with Gasteiger partial charge >= 0.3 is 0 Å². The minimum Gasteiger partial charge on any atom is -0.399 e. The molecule has 1 aliphatic heterocycles. The molecule has 3 N–H and O–H groups in total. The summed E-state index contributed by atoms with van der Waals surface area (Å²) < 4.78 is 0. The number of hydrogen-bond donors (Lipinski definition) is 2. The third kappa shape index (κ3) is 3.64. The number of aldehydes is 1. The van der Waals surface area contributed by atoms with Gasteiger partial charge in [-0.3, -0.25) is 24.6 Å². The zero-order valence-corrected chi connectivity index (χ0v) is 11.5. The van der Waals surface area contributed by atoms with Gasteiger partial charge in [-0.15, -0.1) is 0 Å². The first-order chi connectivity index (χ1) is 9.40. The first-order valence-corrected chi connectivity index (χ1v) is 6.20. The molecule has 0 bridgehead atoms. The van der Waals surface area contributed by atoms with E-state index >= 15 is 0 Å². The van der Waals surface area contributed by atoms with Crippen LogP contribution in [-0.4, -0.2) is 42.6 Å². The molecule has 0 saturated carbocycles. The Bertz CT molecular complexity index is 484. The van der Waals surface area contributed by atoms with Crippen LogP contribution >= 0.6 is 0 Å². The second kappa shape index (κ2) is 6.81. The Labute approximate surface area is 118 Å². The lowest BCUT2D eigenvalue weighted by molar-refractivity contribution is -0.137. The molecule has 20 heavy (non-hydrogen) atoms. The highest BCUT2D eigenvalue weighted by molar-refractivity contribution is 6.00. The first-order valence-electron chi connectivity index (χ1n) is 6.20. The normalized spacial score (nSPS) is 20.2. The Hall–Kier alpha value is -2.21. The molecule has 0 aliphatic carbocycles. The number of nitrogens with one attached hydrogen (secondary N) is 1. The highest BCUT2D eigenvalue weighted by Crippen LogP contribution is 2.16. The maximum Gasteiger partial charge on any atom is 0.243 e. The van der Waals surface area contributed by atoms with Crippen molar-refractivity contribution in [2.75, 3.05) is 13.6 Å². The number of likely N-dealkylation sites (N-methyl/N-ethyl adjacent to an activating group) is 1. The van der Waals surface area contributed by atoms with Crippen LogP contribution in [0.4, 0.5) is 0 Å². The molecular weight excluding hydrogens is 258 g/mol. The van der Waals surface area contributed by atoms with E-state index in [0.717, 1.165) is 0 Å². The number of carbonyl (C=O) groups is 3. The summed E-state index contributed by atoms with van der Waals surface area (Å²) in [6.45, 7) is 7.46. The van der Waals surface area contributed by atoms with Gasteiger partial charge in [0.1, 0.15) is 6.29 Å². The van der Waals surface area contributed by atoms with Gasteiger partial charge in [0.2, 0.25) is 11.8 Å². The van der Waals surface area contributed by atoms with Crippen LogP contribution in [0, 0.1) is 0 Å². The zero-order valence-electron chi connectivity index (χ0n) is 11.5. The number of amides is 2. The summed E-state index contributed by atoms with van der Waals surface area (Å²) in [4.78, 5) is 35.6. The molecule has 0 aromatic heterocycles. The van der Waals surface area contributed by atoms with Crippen LogP contribution in [0.25, 0.3) is 0 Å². The van der Waals surface area contributed by atoms with Crippen molar-refractivity contribution in [3.63, 3.8) is 0 Å². The number of nitrogens with zero attached hydrogens (tertiary/aromatic N) is 1. The molecule has 0 radical (unpaired) electrons. The summed E-state index contributed by atoms with van der Waals surface area (Å²) in [5.41, 5.74) is 6.81. The topological polar surface area (TPSA) is 92.5 Å². The lowest BCUT2D eigenvalue weighted by Gasteiger charge is -2.30. The Balaban J connectivity index is 2.89. The molecule has 1 atom stereocenters. The van der Waals surface area contributed by atoms with Crippen molar-refractivity contribution >= 4 is 18.1 Å². The fourth-order valence-corrected chi connectivity index (χ4v) is 2.08. The van der Waals surface area contributed by atoms with Crippen LogP contribution in [0.15, 0.2) is 36.1 Å². The Morgan fingerprint density at radius 1 is 1.55 bits per heavy atom. The number of hydrogen-bond acceptors (Lipinski definition) is 5. The molecule has 1 fully saturated rings. The molecule has 108 valence electrons. The fraction of sp³-hybridized carbons (Fsp3) is 0.357. The number of rotatable bonds is 6. The van der Waals surface area contributed by atoms with Crippen molar-refractivity contribution in [3.8, 4) is 0 Å². The molecule has 6 nitrogen and oxygen atoms in total. The van der Waals surface area contributed by atoms with Crippen molar-refractivity contribution < 1.29 is 14.4 Å². The van der Waals surface area contributed by atoms with E-state index in [0.29, 0.717) is 30.3 Å². The minimum absolute atomic E-state index is 0.256. The maximum absolute atomic E-state index is 11.8. The summed E-state index contributed by atoms with van der Waals surface area (Å²) >= 11 is 0. The van der Waals surface area contributed by atoms with E-state index in [1.54, 1.807) is 11.9 Å². The van der Waals surface area contributed by atoms with Crippen LogP contribution in [0.3, 0.4) is 0 Å². The van der Waals surface area contributed by atoms with Crippen molar-refractivity contribution in [1.82, 2.24) is 10.2 Å². The van der Waals surface area contributed by atoms with Gasteiger partial charge < -0.3 is 5.73 Å². The highest BCUT2D eigenvalue weighted by Gasteiger charge is 2.30. The predicted molar refractivity (Wildman–Crippen MR) is 75.4 cm³/mol. The van der Waals surface area contributed by atoms with Crippen LogP contribution in [0.2, 0.25) is 0 Å². The van der Waals surface area contributed by atoms with Crippen LogP contribution in [0.1, 0.15) is 12.8 Å². The number of piperidine rings is 1. The van der Waals surface area contributed by atoms with Gasteiger partial charge in [-0.25, -0.2) is 0 Å². The van der Waals surface area contributed by atoms with Crippen LogP contribution < -0.4 is 11.1 Å². The van der Waals surface area contributed by atoms with E-state index in [-0.39, 0.29) is 24.1 Å². The average Bonchev–Trinajstić information content (AvgIpc) is 2.38. The van der Waals surface area contributed by atoms with Crippen molar-refractivity contribution in [2.24, 2.45) is 5.73 Å². The van der Waals surface area contributed by atoms with E-state index in [1.807, 2.05) is 0 Å². The lowest BCUT2D eigenvalue weighted by atomic mass is 10.0. The molecule has 1 aliphatic rings. The van der Waals surface area contributed by atoms with Crippen molar-refractivity contribution in [3.05, 3.63) is 36.1 Å². The summed E-state index contributed by atoms with van der Waals surface area (Å²) in [5.74, 6) is -0.602. The van der Waals surface area contributed by atoms with Gasteiger partial charge in [0, 0.05) is 24.2 Å². The maximum atomic E-state index is 11.8. The van der Waals surface area contributed by atoms with Crippen LogP contribution in [0.5, 0.6) is 0 Å². The Morgan fingerprint density at radius 2 is 2.20 bits per heavy atom. The van der Waals surface area contributed by atoms with Crippen molar-refractivity contribution in [1.29, 1.82) is 0 Å². The first kappa shape index (κ1) is 15.8. The number of nitrogens with two attached hydrogens (primary N) is 1. The summed E-state index contributed by atoms with van der Waals surface area (Å²) in [6.07, 6.45) is 2.79. The van der Waals surface area contributed by atoms with E-state index in [9.17, 15) is 14.4 Å². The van der Waals surface area contributed by atoms with E-state index in [4.69, 9.17) is 5.73 Å². The molecule has 0 aromatic rings. The van der Waals surface area contributed by atoms with Gasteiger partial charge in [-0.1, -0.05) is 19.2 Å². The number of imide groups is 1. The third-order valence-corrected chi connectivity index (χ3v) is 3.23. The molecule has 6 heteroatoms. The third-order valence-electron chi connectivity index (χ3n) is 3.23. The molecule has 0 spiro atoms. The Morgan fingerprint density at radius 3 is 2.65 bits per heavy atom. The van der Waals surface area contributed by atoms with E-state index < -0.39 is 6.04 Å². The Kier molecular flexibility index (Phi) is 5.40. The second-order valence-electron chi connectivity index (χ2n) is 4.66. The molecular formula is C14H19N3O3. The molecule has 1 unspecified atom stereocenters. The predicted octanol–water partition coefficient (Wildman–Crippen LogP) is -0.123. The van der Waals surface area contributed by atoms with Gasteiger partial charge in [0.05, 0.1) is 6.04 Å². The largest absolute Gasteiger partial charge is 0.399 e. The average molecular weight is 277 g/mol. The zero-order chi connectivity index (χ0) is 15.3. The summed E-state index contributed by atoms with van der Waals surface area (Å²) in [5, 5.41) is 2.29. The monoisotopic (exact) mass is 277 g/mol. The van der Waals surface area contributed by atoms with Crippen molar-refractivity contribution in [2.45, 2.75) is 18.9 Å². The molecule has 0 aromatic carbocycles. The molecule has 1 heterocycles. The fourth-order valence-electron chi connectivity index (χ4n) is 2.08. The van der Waals surface area contributed by atoms with Gasteiger partial charge in [0.15, 0.2) is 0 Å². The summed E-state index contributed by atoms with van der Waals surface area (Å²) in [6, 6.07) is -0.431. The highest BCUT2D eigenvalue weighted by atomic mass is 16.2. The van der Waals surface area contributed by atoms with Gasteiger partial charge in [-0.05, 0) is 19.0 Å². The SMILES string of the molecule is C=C/C(C=O)=C(/CN(C)C1CCC(=O)NC1=O)C(=C)N. The van der Waals surface area contributed by atoms with Gasteiger partial charge in [0.25, 0.3) is 0 Å². The van der Waals surface area contributed by atoms with E-state index in [2.05, 4.69) is 18.5 Å². The number of allylic oxidation sites excluding steroid dienone is 2. The smallest absolute Gasteiger partial charge is 0.243 e. The quantitative estimate of drug-likeness (QED) is 0.305. The molecule has 1 rings (SSSR count). The lowest BCUT2D eigenvalue weighted by Crippen LogP contribution is -2.51. The van der Waals surface area contributed by atoms with E-state index in [1.165, 1.54) is 6.08 Å². The summed E-state index contributed by atoms with van der Waals surface area (Å²) in [7, 11) is 1.73. The van der Waals surface area contributed by atoms with Gasteiger partial charge in [-0.2, -0.15) is 0 Å². The van der Waals surface area contributed by atoms with Crippen LogP contribution in [-0.2, 0) is 14.4 Å². The molecule has 1 saturated heterocycles. The molecule has 2 amide bonds. The standard InChI is InChI=1S/C14H19N3O3/c1-4-10(8-18)11(9(2)15)7-17(3)12-5-6-13(19)16-14(12)20/h4,8,12H,1-2,5-7,15H2,3H3,(H,16,19,20)/b11-10+. The second-order valence-corrected chi connectivity index (χ2v) is 4.66.